The van der Waals surface area contributed by atoms with Crippen molar-refractivity contribution in [2.24, 2.45) is 0 Å². The second kappa shape index (κ2) is 8.98. The predicted molar refractivity (Wildman–Crippen MR) is 101 cm³/mol. The van der Waals surface area contributed by atoms with Crippen molar-refractivity contribution >= 4 is 22.8 Å². The number of carbonyl (C=O) groups excluding carboxylic acids is 2. The van der Waals surface area contributed by atoms with Crippen LogP contribution in [0.25, 0.3) is 11.0 Å². The van der Waals surface area contributed by atoms with Gasteiger partial charge in [0.05, 0.1) is 12.5 Å². The van der Waals surface area contributed by atoms with Gasteiger partial charge in [0, 0.05) is 5.39 Å². The van der Waals surface area contributed by atoms with Crippen molar-refractivity contribution in [2.45, 2.75) is 32.2 Å². The quantitative estimate of drug-likeness (QED) is 0.616. The van der Waals surface area contributed by atoms with Crippen LogP contribution in [-0.2, 0) is 20.7 Å². The summed E-state index contributed by atoms with van der Waals surface area (Å²) < 4.78 is 10.3. The molecule has 3 rings (SSSR count). The molecule has 0 fully saturated rings. The molecule has 1 aromatic heterocycles. The molecule has 140 valence electrons. The average molecular weight is 366 g/mol. The molecule has 6 nitrogen and oxygen atoms in total. The molecule has 0 saturated heterocycles. The van der Waals surface area contributed by atoms with E-state index in [9.17, 15) is 9.59 Å². The van der Waals surface area contributed by atoms with E-state index < -0.39 is 5.97 Å². The largest absolute Gasteiger partial charge is 0.455 e. The second-order valence-electron chi connectivity index (χ2n) is 6.28. The number of aromatic nitrogens is 1. The molecular formula is C21H22N2O4. The van der Waals surface area contributed by atoms with Crippen LogP contribution in [0.1, 0.15) is 37.1 Å². The number of amides is 1. The molecule has 2 aromatic carbocycles. The number of benzene rings is 2. The first-order valence-electron chi connectivity index (χ1n) is 9.00. The number of esters is 1. The Labute approximate surface area is 157 Å². The van der Waals surface area contributed by atoms with E-state index in [1.165, 1.54) is 0 Å². The third-order valence-electron chi connectivity index (χ3n) is 4.24. The van der Waals surface area contributed by atoms with Crippen LogP contribution in [0.2, 0.25) is 0 Å². The van der Waals surface area contributed by atoms with Gasteiger partial charge in [0.2, 0.25) is 0 Å². The van der Waals surface area contributed by atoms with Crippen molar-refractivity contribution in [3.05, 3.63) is 65.9 Å². The first-order valence-corrected chi connectivity index (χ1v) is 9.00. The molecule has 1 N–H and O–H groups in total. The molecule has 27 heavy (non-hydrogen) atoms. The number of hydrogen-bond acceptors (Lipinski definition) is 5. The molecule has 1 atom stereocenters. The fourth-order valence-corrected chi connectivity index (χ4v) is 2.93. The van der Waals surface area contributed by atoms with Gasteiger partial charge in [-0.3, -0.25) is 9.59 Å². The summed E-state index contributed by atoms with van der Waals surface area (Å²) in [6, 6.07) is 17.0. The van der Waals surface area contributed by atoms with Crippen molar-refractivity contribution in [2.75, 3.05) is 6.61 Å². The van der Waals surface area contributed by atoms with Crippen molar-refractivity contribution < 1.29 is 18.8 Å². The van der Waals surface area contributed by atoms with Gasteiger partial charge in [0.25, 0.3) is 5.91 Å². The van der Waals surface area contributed by atoms with Crippen LogP contribution in [0.4, 0.5) is 0 Å². The molecule has 0 aliphatic rings. The molecule has 3 aromatic rings. The fraction of sp³-hybridized carbons (Fsp3) is 0.286. The molecule has 0 saturated carbocycles. The average Bonchev–Trinajstić information content (AvgIpc) is 3.10. The maximum absolute atomic E-state index is 12.2. The van der Waals surface area contributed by atoms with E-state index >= 15 is 0 Å². The molecular weight excluding hydrogens is 344 g/mol. The van der Waals surface area contributed by atoms with E-state index in [0.29, 0.717) is 11.3 Å². The zero-order chi connectivity index (χ0) is 19.1. The monoisotopic (exact) mass is 366 g/mol. The van der Waals surface area contributed by atoms with E-state index in [0.717, 1.165) is 23.8 Å². The lowest BCUT2D eigenvalue weighted by Crippen LogP contribution is -2.32. The van der Waals surface area contributed by atoms with E-state index in [2.05, 4.69) is 17.4 Å². The smallest absolute Gasteiger partial charge is 0.312 e. The fourth-order valence-electron chi connectivity index (χ4n) is 2.93. The van der Waals surface area contributed by atoms with E-state index in [1.807, 2.05) is 48.5 Å². The Kier molecular flexibility index (Phi) is 6.20. The molecule has 6 heteroatoms. The van der Waals surface area contributed by atoms with Gasteiger partial charge in [-0.25, -0.2) is 0 Å². The molecule has 0 spiro atoms. The van der Waals surface area contributed by atoms with Crippen LogP contribution in [0.5, 0.6) is 0 Å². The van der Waals surface area contributed by atoms with Crippen LogP contribution in [-0.4, -0.2) is 23.6 Å². The van der Waals surface area contributed by atoms with Crippen LogP contribution in [0, 0.1) is 0 Å². The number of nitrogens with one attached hydrogen (secondary N) is 1. The Bertz CT molecular complexity index is 905. The van der Waals surface area contributed by atoms with Crippen LogP contribution in [0.3, 0.4) is 0 Å². The van der Waals surface area contributed by atoms with Gasteiger partial charge < -0.3 is 14.6 Å². The van der Waals surface area contributed by atoms with Crippen LogP contribution >= 0.6 is 0 Å². The molecule has 0 radical (unpaired) electrons. The summed E-state index contributed by atoms with van der Waals surface area (Å²) in [5.41, 5.74) is 2.15. The zero-order valence-electron chi connectivity index (χ0n) is 15.2. The molecule has 1 amide bonds. The third-order valence-corrected chi connectivity index (χ3v) is 4.24. The molecule has 0 bridgehead atoms. The SMILES string of the molecule is CCC[C@@H](NC(=O)COC(=O)Cc1noc2ccccc12)c1ccccc1. The predicted octanol–water partition coefficient (Wildman–Crippen LogP) is 3.57. The van der Waals surface area contributed by atoms with Crippen molar-refractivity contribution in [3.63, 3.8) is 0 Å². The first kappa shape index (κ1) is 18.6. The Morgan fingerprint density at radius 2 is 1.85 bits per heavy atom. The summed E-state index contributed by atoms with van der Waals surface area (Å²) in [5.74, 6) is -0.841. The summed E-state index contributed by atoms with van der Waals surface area (Å²) in [5, 5.41) is 7.60. The van der Waals surface area contributed by atoms with Gasteiger partial charge in [-0.2, -0.15) is 0 Å². The minimum absolute atomic E-state index is 0.0403. The van der Waals surface area contributed by atoms with Gasteiger partial charge in [0.15, 0.2) is 12.2 Å². The maximum atomic E-state index is 12.2. The molecule has 0 unspecified atom stereocenters. The van der Waals surface area contributed by atoms with Crippen molar-refractivity contribution in [3.8, 4) is 0 Å². The Balaban J connectivity index is 1.52. The molecule has 0 aliphatic heterocycles. The minimum Gasteiger partial charge on any atom is -0.455 e. The summed E-state index contributed by atoms with van der Waals surface area (Å²) in [6.07, 6.45) is 1.70. The number of fused-ring (bicyclic) bond motifs is 1. The van der Waals surface area contributed by atoms with Gasteiger partial charge in [-0.1, -0.05) is 61.0 Å². The van der Waals surface area contributed by atoms with Crippen LogP contribution < -0.4 is 5.32 Å². The highest BCUT2D eigenvalue weighted by molar-refractivity contribution is 5.85. The van der Waals surface area contributed by atoms with Crippen molar-refractivity contribution in [1.29, 1.82) is 0 Å². The number of rotatable bonds is 8. The maximum Gasteiger partial charge on any atom is 0.312 e. The number of ether oxygens (including phenoxy) is 1. The lowest BCUT2D eigenvalue weighted by molar-refractivity contribution is -0.148. The van der Waals surface area contributed by atoms with E-state index in [1.54, 1.807) is 6.07 Å². The topological polar surface area (TPSA) is 81.4 Å². The molecule has 0 aliphatic carbocycles. The van der Waals surface area contributed by atoms with Crippen molar-refractivity contribution in [1.82, 2.24) is 10.5 Å². The Morgan fingerprint density at radius 1 is 1.11 bits per heavy atom. The highest BCUT2D eigenvalue weighted by atomic mass is 16.5. The summed E-state index contributed by atoms with van der Waals surface area (Å²) in [7, 11) is 0. The third kappa shape index (κ3) is 4.94. The summed E-state index contributed by atoms with van der Waals surface area (Å²) in [4.78, 5) is 24.3. The van der Waals surface area contributed by atoms with Gasteiger partial charge >= 0.3 is 5.97 Å². The van der Waals surface area contributed by atoms with Gasteiger partial charge in [-0.05, 0) is 24.1 Å². The normalized spacial score (nSPS) is 11.9. The number of nitrogens with zero attached hydrogens (tertiary/aromatic N) is 1. The first-order chi connectivity index (χ1) is 13.2. The Morgan fingerprint density at radius 3 is 2.63 bits per heavy atom. The van der Waals surface area contributed by atoms with E-state index in [4.69, 9.17) is 9.26 Å². The summed E-state index contributed by atoms with van der Waals surface area (Å²) in [6.45, 7) is 1.74. The van der Waals surface area contributed by atoms with Gasteiger partial charge in [-0.15, -0.1) is 0 Å². The number of carbonyl (C=O) groups is 2. The number of para-hydroxylation sites is 1. The molecule has 1 heterocycles. The highest BCUT2D eigenvalue weighted by Crippen LogP contribution is 2.19. The highest BCUT2D eigenvalue weighted by Gasteiger charge is 2.17. The number of hydrogen-bond donors (Lipinski definition) is 1. The minimum atomic E-state index is -0.518. The lowest BCUT2D eigenvalue weighted by Gasteiger charge is -2.18. The standard InChI is InChI=1S/C21H22N2O4/c1-2-8-17(15-9-4-3-5-10-15)22-20(24)14-26-21(25)13-18-16-11-6-7-12-19(16)27-23-18/h3-7,9-12,17H,2,8,13-14H2,1H3,(H,22,24)/t17-/m1/s1. The zero-order valence-corrected chi connectivity index (χ0v) is 15.2. The lowest BCUT2D eigenvalue weighted by atomic mass is 10.0. The van der Waals surface area contributed by atoms with Crippen LogP contribution in [0.15, 0.2) is 59.1 Å². The van der Waals surface area contributed by atoms with Gasteiger partial charge in [0.1, 0.15) is 5.69 Å². The second-order valence-corrected chi connectivity index (χ2v) is 6.28. The van der Waals surface area contributed by atoms with E-state index in [-0.39, 0.29) is 25.0 Å². The summed E-state index contributed by atoms with van der Waals surface area (Å²) >= 11 is 0. The Hall–Kier alpha value is -3.15.